The highest BCUT2D eigenvalue weighted by Gasteiger charge is 2.14. The number of halogens is 2. The molecular weight excluding hydrogens is 343 g/mol. The van der Waals surface area contributed by atoms with Crippen LogP contribution in [0.1, 0.15) is 10.4 Å². The van der Waals surface area contributed by atoms with Crippen molar-refractivity contribution in [3.05, 3.63) is 57.8 Å². The molecule has 3 aromatic rings. The van der Waals surface area contributed by atoms with Gasteiger partial charge in [0.05, 0.1) is 46.8 Å². The van der Waals surface area contributed by atoms with E-state index in [1.807, 2.05) is 0 Å². The van der Waals surface area contributed by atoms with Gasteiger partial charge >= 0.3 is 0 Å². The maximum absolute atomic E-state index is 12.5. The monoisotopic (exact) mass is 352 g/mol. The lowest BCUT2D eigenvalue weighted by atomic mass is 10.2. The van der Waals surface area contributed by atoms with Crippen molar-refractivity contribution in [1.29, 1.82) is 0 Å². The second-order valence-electron chi connectivity index (χ2n) is 4.52. The first kappa shape index (κ1) is 15.4. The predicted octanol–water partition coefficient (Wildman–Crippen LogP) is 2.43. The smallest absolute Gasteiger partial charge is 0.279 e. The Bertz CT molecular complexity index is 952. The molecule has 118 valence electrons. The maximum atomic E-state index is 12.5. The molecule has 0 saturated carbocycles. The molecule has 9 heteroatoms. The van der Waals surface area contributed by atoms with Crippen LogP contribution in [0, 0.1) is 0 Å². The fourth-order valence-corrected chi connectivity index (χ4v) is 2.64. The van der Waals surface area contributed by atoms with Crippen LogP contribution in [0.15, 0.2) is 41.8 Å². The number of pyridine rings is 2. The molecule has 7 nitrogen and oxygen atoms in total. The summed E-state index contributed by atoms with van der Waals surface area (Å²) >= 11 is 11.9. The summed E-state index contributed by atoms with van der Waals surface area (Å²) in [5.41, 5.74) is 0.856. The average Bonchev–Trinajstić information content (AvgIpc) is 2.99. The summed E-state index contributed by atoms with van der Waals surface area (Å²) in [6.45, 7) is 0. The fourth-order valence-electron chi connectivity index (χ4n) is 2.10. The van der Waals surface area contributed by atoms with E-state index in [9.17, 15) is 10.0 Å². The highest BCUT2D eigenvalue weighted by atomic mass is 35.5. The zero-order valence-corrected chi connectivity index (χ0v) is 13.3. The van der Waals surface area contributed by atoms with Crippen LogP contribution in [-0.2, 0) is 0 Å². The summed E-state index contributed by atoms with van der Waals surface area (Å²) in [6.07, 6.45) is 3.91. The van der Waals surface area contributed by atoms with E-state index in [4.69, 9.17) is 27.9 Å². The molecule has 0 fully saturated rings. The Labute approximate surface area is 139 Å². The molecule has 3 aromatic heterocycles. The van der Waals surface area contributed by atoms with E-state index in [2.05, 4.69) is 10.1 Å². The van der Waals surface area contributed by atoms with E-state index in [0.29, 0.717) is 21.7 Å². The van der Waals surface area contributed by atoms with E-state index >= 15 is 0 Å². The molecule has 0 aliphatic rings. The highest BCUT2D eigenvalue weighted by Crippen LogP contribution is 2.19. The average molecular weight is 353 g/mol. The third-order valence-corrected chi connectivity index (χ3v) is 3.67. The van der Waals surface area contributed by atoms with Gasteiger partial charge in [-0.05, 0) is 12.1 Å². The molecule has 0 aliphatic heterocycles. The number of aromatic nitrogens is 3. The van der Waals surface area contributed by atoms with Crippen molar-refractivity contribution in [3.8, 4) is 5.88 Å². The number of methoxy groups -OCH3 is 1. The standard InChI is InChI=1S/C14H10Cl2N4O3/c1-23-12-3-2-8(11-4-5-17-20(11)12)14(21)18-13-9(15)6-19(22)7-10(13)16/h2-7,22H,1H3. The first-order valence-corrected chi connectivity index (χ1v) is 7.13. The zero-order chi connectivity index (χ0) is 16.6. The van der Waals surface area contributed by atoms with E-state index < -0.39 is 5.91 Å². The summed E-state index contributed by atoms with van der Waals surface area (Å²) in [5.74, 6) is -0.0590. The minimum absolute atomic E-state index is 0.0476. The molecule has 0 aliphatic carbocycles. The Hall–Kier alpha value is -2.51. The second kappa shape index (κ2) is 5.94. The van der Waals surface area contributed by atoms with Crippen molar-refractivity contribution in [3.63, 3.8) is 0 Å². The molecule has 0 unspecified atom stereocenters. The van der Waals surface area contributed by atoms with Crippen LogP contribution in [0.5, 0.6) is 5.88 Å². The molecule has 3 rings (SSSR count). The number of carbonyl (C=O) groups is 1. The predicted molar refractivity (Wildman–Crippen MR) is 83.3 cm³/mol. The molecule has 0 aromatic carbocycles. The minimum Gasteiger partial charge on any atom is -0.481 e. The summed E-state index contributed by atoms with van der Waals surface area (Å²) in [6, 6.07) is 4.86. The molecule has 0 saturated heterocycles. The van der Waals surface area contributed by atoms with Crippen LogP contribution < -0.4 is 10.1 Å². The van der Waals surface area contributed by atoms with E-state index in [1.165, 1.54) is 24.0 Å². The van der Waals surface area contributed by atoms with Crippen LogP contribution in [0.2, 0.25) is 10.0 Å². The fraction of sp³-hybridized carbons (Fsp3) is 0.0714. The lowest BCUT2D eigenvalue weighted by Gasteiger charge is -2.06. The maximum Gasteiger partial charge on any atom is 0.279 e. The highest BCUT2D eigenvalue weighted by molar-refractivity contribution is 6.34. The second-order valence-corrected chi connectivity index (χ2v) is 5.33. The van der Waals surface area contributed by atoms with Crippen LogP contribution >= 0.6 is 23.2 Å². The van der Waals surface area contributed by atoms with Gasteiger partial charge in [0.15, 0.2) is 0 Å². The summed E-state index contributed by atoms with van der Waals surface area (Å²) in [7, 11) is 1.51. The van der Waals surface area contributed by atoms with Crippen molar-refractivity contribution in [2.45, 2.75) is 0 Å². The first-order valence-electron chi connectivity index (χ1n) is 6.37. The van der Waals surface area contributed by atoms with Crippen molar-refractivity contribution >= 4 is 34.6 Å². The number of nitrogens with zero attached hydrogens (tertiary/aromatic N) is 4. The largest absolute Gasteiger partial charge is 0.481 e. The molecule has 1 amide bonds. The molecule has 23 heavy (non-hydrogen) atoms. The van der Waals surface area contributed by atoms with Crippen molar-refractivity contribution in [2.24, 2.45) is 4.99 Å². The SMILES string of the molecule is COc1ccc(C(=O)N=c2c(Cl)cn(O)cc2Cl)c2ccnn12. The number of fused-ring (bicyclic) bond motifs is 1. The molecule has 0 spiro atoms. The van der Waals surface area contributed by atoms with E-state index in [1.54, 1.807) is 24.4 Å². The molecule has 1 N–H and O–H groups in total. The third kappa shape index (κ3) is 2.76. The van der Waals surface area contributed by atoms with Gasteiger partial charge in [-0.25, -0.2) is 9.51 Å². The van der Waals surface area contributed by atoms with Crippen LogP contribution in [0.3, 0.4) is 0 Å². The van der Waals surface area contributed by atoms with Crippen LogP contribution in [0.4, 0.5) is 0 Å². The number of carbonyl (C=O) groups excluding carboxylic acids is 1. The Kier molecular flexibility index (Phi) is 3.97. The summed E-state index contributed by atoms with van der Waals surface area (Å²) in [4.78, 5) is 16.4. The van der Waals surface area contributed by atoms with Crippen LogP contribution in [-0.4, -0.2) is 32.6 Å². The molecule has 0 atom stereocenters. The van der Waals surface area contributed by atoms with Crippen LogP contribution in [0.25, 0.3) is 5.52 Å². The molecular formula is C14H10Cl2N4O3. The van der Waals surface area contributed by atoms with Gasteiger partial charge in [-0.3, -0.25) is 4.79 Å². The van der Waals surface area contributed by atoms with Crippen molar-refractivity contribution < 1.29 is 14.7 Å². The number of hydrogen-bond acceptors (Lipinski definition) is 4. The molecule has 0 radical (unpaired) electrons. The Morgan fingerprint density at radius 2 is 1.96 bits per heavy atom. The van der Waals surface area contributed by atoms with Gasteiger partial charge in [0.2, 0.25) is 5.88 Å². The zero-order valence-electron chi connectivity index (χ0n) is 11.8. The van der Waals surface area contributed by atoms with Gasteiger partial charge < -0.3 is 9.94 Å². The van der Waals surface area contributed by atoms with Gasteiger partial charge in [0, 0.05) is 6.07 Å². The van der Waals surface area contributed by atoms with Gasteiger partial charge in [0.1, 0.15) is 5.36 Å². The topological polar surface area (TPSA) is 81.1 Å². The van der Waals surface area contributed by atoms with E-state index in [-0.39, 0.29) is 15.4 Å². The summed E-state index contributed by atoms with van der Waals surface area (Å²) in [5, 5.41) is 13.6. The number of ether oxygens (including phenoxy) is 1. The quantitative estimate of drug-likeness (QED) is 0.718. The minimum atomic E-state index is -0.544. The Morgan fingerprint density at radius 3 is 2.61 bits per heavy atom. The van der Waals surface area contributed by atoms with Gasteiger partial charge in [-0.2, -0.15) is 9.83 Å². The Morgan fingerprint density at radius 1 is 1.26 bits per heavy atom. The van der Waals surface area contributed by atoms with Crippen molar-refractivity contribution in [2.75, 3.05) is 7.11 Å². The lowest BCUT2D eigenvalue weighted by Crippen LogP contribution is -2.13. The number of amides is 1. The molecule has 3 heterocycles. The van der Waals surface area contributed by atoms with E-state index in [0.717, 1.165) is 0 Å². The number of hydrogen-bond donors (Lipinski definition) is 1. The van der Waals surface area contributed by atoms with Gasteiger partial charge in [-0.1, -0.05) is 23.2 Å². The first-order chi connectivity index (χ1) is 11.0. The van der Waals surface area contributed by atoms with Crippen molar-refractivity contribution in [1.82, 2.24) is 14.3 Å². The Balaban J connectivity index is 2.16. The lowest BCUT2D eigenvalue weighted by molar-refractivity contribution is 0.0999. The normalized spacial score (nSPS) is 10.7. The summed E-state index contributed by atoms with van der Waals surface area (Å²) < 4.78 is 7.35. The number of rotatable bonds is 2. The third-order valence-electron chi connectivity index (χ3n) is 3.12. The van der Waals surface area contributed by atoms with Gasteiger partial charge in [-0.15, -0.1) is 0 Å². The molecule has 0 bridgehead atoms. The van der Waals surface area contributed by atoms with Gasteiger partial charge in [0.25, 0.3) is 5.91 Å².